The predicted octanol–water partition coefficient (Wildman–Crippen LogP) is 5.34. The summed E-state index contributed by atoms with van der Waals surface area (Å²) in [6, 6.07) is 28.6. The van der Waals surface area contributed by atoms with E-state index in [4.69, 9.17) is 4.74 Å². The molecule has 7 nitrogen and oxygen atoms in total. The molecule has 5 rings (SSSR count). The number of nitrogens with zero attached hydrogens (tertiary/aromatic N) is 2. The van der Waals surface area contributed by atoms with Crippen molar-refractivity contribution < 1.29 is 18.7 Å². The van der Waals surface area contributed by atoms with Crippen LogP contribution >= 0.6 is 0 Å². The molecule has 40 heavy (non-hydrogen) atoms. The summed E-state index contributed by atoms with van der Waals surface area (Å²) in [4.78, 5) is 30.7. The fourth-order valence-corrected chi connectivity index (χ4v) is 4.87. The highest BCUT2D eigenvalue weighted by atomic mass is 19.1. The Balaban J connectivity index is 1.37. The van der Waals surface area contributed by atoms with Crippen LogP contribution in [0.4, 0.5) is 21.5 Å². The third kappa shape index (κ3) is 6.07. The number of hydrogen-bond acceptors (Lipinski definition) is 5. The summed E-state index contributed by atoms with van der Waals surface area (Å²) >= 11 is 0. The average Bonchev–Trinajstić information content (AvgIpc) is 3.00. The number of halogens is 1. The first-order valence-corrected chi connectivity index (χ1v) is 13.2. The Hall–Kier alpha value is -4.85. The number of methoxy groups -OCH3 is 1. The second-order valence-electron chi connectivity index (χ2n) is 9.48. The van der Waals surface area contributed by atoms with Gasteiger partial charge < -0.3 is 25.2 Å². The number of hydrogen-bond donors (Lipinski definition) is 2. The van der Waals surface area contributed by atoms with Crippen LogP contribution in [-0.4, -0.2) is 45.1 Å². The van der Waals surface area contributed by atoms with E-state index in [2.05, 4.69) is 20.4 Å². The quantitative estimate of drug-likeness (QED) is 0.317. The molecule has 0 saturated carbocycles. The minimum Gasteiger partial charge on any atom is -0.495 e. The Bertz CT molecular complexity index is 1490. The minimum absolute atomic E-state index is 0.0610. The summed E-state index contributed by atoms with van der Waals surface area (Å²) in [5.74, 6) is -0.614. The number of piperazine rings is 1. The van der Waals surface area contributed by atoms with Crippen molar-refractivity contribution in [3.8, 4) is 5.75 Å². The number of rotatable bonds is 8. The summed E-state index contributed by atoms with van der Waals surface area (Å²) in [6.07, 6.45) is 0. The van der Waals surface area contributed by atoms with Crippen LogP contribution < -0.4 is 25.2 Å². The molecule has 1 saturated heterocycles. The zero-order chi connectivity index (χ0) is 27.9. The fourth-order valence-electron chi connectivity index (χ4n) is 4.87. The summed E-state index contributed by atoms with van der Waals surface area (Å²) < 4.78 is 19.7. The number of ether oxygens (including phenoxy) is 1. The Morgan fingerprint density at radius 3 is 2.12 bits per heavy atom. The van der Waals surface area contributed by atoms with E-state index < -0.39 is 11.7 Å². The number of carbonyl (C=O) groups is 2. The van der Waals surface area contributed by atoms with Gasteiger partial charge >= 0.3 is 0 Å². The molecule has 1 aliphatic heterocycles. The smallest absolute Gasteiger partial charge is 0.258 e. The van der Waals surface area contributed by atoms with E-state index in [9.17, 15) is 14.0 Å². The molecule has 0 spiro atoms. The standard InChI is InChI=1S/C32H31FN4O3/c1-40-30-14-8-7-13-29(30)37-19-17-36(18-20-37)28-16-15-24(35-32(39)25-11-5-6-12-27(25)33)21-26(28)31(38)34-22-23-9-3-2-4-10-23/h2-16,21H,17-20,22H2,1H3,(H,34,38)(H,35,39). The molecule has 204 valence electrons. The summed E-state index contributed by atoms with van der Waals surface area (Å²) in [7, 11) is 1.67. The largest absolute Gasteiger partial charge is 0.495 e. The van der Waals surface area contributed by atoms with Gasteiger partial charge in [-0.2, -0.15) is 0 Å². The Kier molecular flexibility index (Phi) is 8.25. The van der Waals surface area contributed by atoms with Gasteiger partial charge in [0.2, 0.25) is 0 Å². The number of para-hydroxylation sites is 2. The molecule has 0 unspecified atom stereocenters. The van der Waals surface area contributed by atoms with Gasteiger partial charge in [-0.1, -0.05) is 54.6 Å². The summed E-state index contributed by atoms with van der Waals surface area (Å²) in [6.45, 7) is 3.25. The average molecular weight is 539 g/mol. The van der Waals surface area contributed by atoms with Gasteiger partial charge in [0.15, 0.2) is 0 Å². The molecule has 4 aromatic rings. The molecule has 8 heteroatoms. The fraction of sp³-hybridized carbons (Fsp3) is 0.188. The predicted molar refractivity (Wildman–Crippen MR) is 156 cm³/mol. The Labute approximate surface area is 233 Å². The van der Waals surface area contributed by atoms with Crippen molar-refractivity contribution in [2.45, 2.75) is 6.54 Å². The van der Waals surface area contributed by atoms with E-state index in [1.54, 1.807) is 25.3 Å². The van der Waals surface area contributed by atoms with E-state index in [1.165, 1.54) is 18.2 Å². The van der Waals surface area contributed by atoms with Crippen LogP contribution in [0.1, 0.15) is 26.3 Å². The van der Waals surface area contributed by atoms with Crippen molar-refractivity contribution in [1.82, 2.24) is 5.32 Å². The van der Waals surface area contributed by atoms with Crippen LogP contribution in [0.3, 0.4) is 0 Å². The Morgan fingerprint density at radius 1 is 0.750 bits per heavy atom. The van der Waals surface area contributed by atoms with Gasteiger partial charge in [0.05, 0.1) is 23.9 Å². The van der Waals surface area contributed by atoms with Crippen molar-refractivity contribution in [2.75, 3.05) is 48.4 Å². The molecule has 1 fully saturated rings. The lowest BCUT2D eigenvalue weighted by Gasteiger charge is -2.38. The number of benzene rings is 4. The zero-order valence-electron chi connectivity index (χ0n) is 22.3. The number of nitrogens with one attached hydrogen (secondary N) is 2. The van der Waals surface area contributed by atoms with Crippen LogP contribution in [0, 0.1) is 5.82 Å². The van der Waals surface area contributed by atoms with Gasteiger partial charge in [0.25, 0.3) is 11.8 Å². The molecule has 2 amide bonds. The van der Waals surface area contributed by atoms with Gasteiger partial charge in [0, 0.05) is 44.1 Å². The molecule has 2 N–H and O–H groups in total. The van der Waals surface area contributed by atoms with Crippen molar-refractivity contribution in [1.29, 1.82) is 0 Å². The third-order valence-electron chi connectivity index (χ3n) is 6.96. The van der Waals surface area contributed by atoms with Crippen molar-refractivity contribution in [3.05, 3.63) is 120 Å². The lowest BCUT2D eigenvalue weighted by atomic mass is 10.1. The van der Waals surface area contributed by atoms with Crippen LogP contribution in [-0.2, 0) is 6.54 Å². The van der Waals surface area contributed by atoms with E-state index >= 15 is 0 Å². The first kappa shape index (κ1) is 26.7. The van der Waals surface area contributed by atoms with E-state index in [-0.39, 0.29) is 11.5 Å². The molecule has 0 bridgehead atoms. The van der Waals surface area contributed by atoms with Crippen LogP contribution in [0.25, 0.3) is 0 Å². The van der Waals surface area contributed by atoms with Crippen LogP contribution in [0.2, 0.25) is 0 Å². The van der Waals surface area contributed by atoms with Crippen molar-refractivity contribution >= 4 is 28.9 Å². The molecule has 0 radical (unpaired) electrons. The molecule has 0 aliphatic carbocycles. The monoisotopic (exact) mass is 538 g/mol. The molecule has 0 atom stereocenters. The first-order valence-electron chi connectivity index (χ1n) is 13.2. The first-order chi connectivity index (χ1) is 19.5. The summed E-state index contributed by atoms with van der Waals surface area (Å²) in [5, 5.41) is 5.74. The third-order valence-corrected chi connectivity index (χ3v) is 6.96. The van der Waals surface area contributed by atoms with Gasteiger partial charge in [-0.05, 0) is 48.0 Å². The van der Waals surface area contributed by atoms with E-state index in [0.717, 1.165) is 35.8 Å². The maximum absolute atomic E-state index is 14.2. The van der Waals surface area contributed by atoms with Gasteiger partial charge in [-0.3, -0.25) is 9.59 Å². The number of anilines is 3. The lowest BCUT2D eigenvalue weighted by molar-refractivity contribution is 0.0950. The molecular weight excluding hydrogens is 507 g/mol. The maximum Gasteiger partial charge on any atom is 0.258 e. The highest BCUT2D eigenvalue weighted by Gasteiger charge is 2.24. The minimum atomic E-state index is -0.606. The SMILES string of the molecule is COc1ccccc1N1CCN(c2ccc(NC(=O)c3ccccc3F)cc2C(=O)NCc2ccccc2)CC1. The van der Waals surface area contributed by atoms with Crippen molar-refractivity contribution in [3.63, 3.8) is 0 Å². The second-order valence-corrected chi connectivity index (χ2v) is 9.48. The van der Waals surface area contributed by atoms with Gasteiger partial charge in [0.1, 0.15) is 11.6 Å². The highest BCUT2D eigenvalue weighted by Crippen LogP contribution is 2.31. The molecule has 4 aromatic carbocycles. The van der Waals surface area contributed by atoms with E-state index in [0.29, 0.717) is 30.9 Å². The van der Waals surface area contributed by atoms with Crippen LogP contribution in [0.15, 0.2) is 97.1 Å². The second kappa shape index (κ2) is 12.3. The highest BCUT2D eigenvalue weighted by molar-refractivity contribution is 6.06. The zero-order valence-corrected chi connectivity index (χ0v) is 22.3. The topological polar surface area (TPSA) is 73.9 Å². The van der Waals surface area contributed by atoms with Gasteiger partial charge in [-0.25, -0.2) is 4.39 Å². The number of amides is 2. The Morgan fingerprint density at radius 2 is 1.40 bits per heavy atom. The molecule has 1 heterocycles. The van der Waals surface area contributed by atoms with Crippen LogP contribution in [0.5, 0.6) is 5.75 Å². The lowest BCUT2D eigenvalue weighted by Crippen LogP contribution is -2.47. The number of carbonyl (C=O) groups excluding carboxylic acids is 2. The normalized spacial score (nSPS) is 13.1. The van der Waals surface area contributed by atoms with Gasteiger partial charge in [-0.15, -0.1) is 0 Å². The molecule has 1 aliphatic rings. The van der Waals surface area contributed by atoms with Crippen molar-refractivity contribution in [2.24, 2.45) is 0 Å². The van der Waals surface area contributed by atoms with E-state index in [1.807, 2.05) is 60.7 Å². The molecule has 0 aromatic heterocycles. The maximum atomic E-state index is 14.2. The molecular formula is C32H31FN4O3. The summed E-state index contributed by atoms with van der Waals surface area (Å²) in [5.41, 5.74) is 3.58.